The molecule has 1 aromatic carbocycles. The van der Waals surface area contributed by atoms with E-state index in [0.29, 0.717) is 10.7 Å². The minimum Gasteiger partial charge on any atom is -0.324 e. The van der Waals surface area contributed by atoms with Gasteiger partial charge in [0.1, 0.15) is 5.82 Å². The fourth-order valence-electron chi connectivity index (χ4n) is 2.17. The quantitative estimate of drug-likeness (QED) is 0.644. The molecular formula is C16H20BrClN4OS. The first-order chi connectivity index (χ1) is 11.3. The SMILES string of the molecule is CC(C)c1nnc(SCC(=O)Nc2ccc(Br)cc2Cl)n1C(C)C. The van der Waals surface area contributed by atoms with Crippen LogP contribution in [0.1, 0.15) is 45.5 Å². The molecule has 1 amide bonds. The Morgan fingerprint density at radius 3 is 2.62 bits per heavy atom. The third-order valence-electron chi connectivity index (χ3n) is 3.26. The van der Waals surface area contributed by atoms with Crippen LogP contribution in [0.15, 0.2) is 27.8 Å². The molecule has 0 bridgehead atoms. The van der Waals surface area contributed by atoms with Gasteiger partial charge in [-0.15, -0.1) is 10.2 Å². The van der Waals surface area contributed by atoms with E-state index >= 15 is 0 Å². The van der Waals surface area contributed by atoms with Gasteiger partial charge in [0.05, 0.1) is 16.5 Å². The number of thioether (sulfide) groups is 1. The number of benzene rings is 1. The van der Waals surface area contributed by atoms with Gasteiger partial charge in [0.2, 0.25) is 5.91 Å². The molecule has 1 heterocycles. The summed E-state index contributed by atoms with van der Waals surface area (Å²) in [5.41, 5.74) is 0.596. The van der Waals surface area contributed by atoms with Crippen LogP contribution >= 0.6 is 39.3 Å². The lowest BCUT2D eigenvalue weighted by Gasteiger charge is -2.15. The second-order valence-electron chi connectivity index (χ2n) is 5.92. The predicted octanol–water partition coefficient (Wildman–Crippen LogP) is 5.13. The van der Waals surface area contributed by atoms with Crippen molar-refractivity contribution in [3.05, 3.63) is 33.5 Å². The number of rotatable bonds is 6. The van der Waals surface area contributed by atoms with E-state index in [1.54, 1.807) is 12.1 Å². The molecule has 0 atom stereocenters. The normalized spacial score (nSPS) is 11.3. The highest BCUT2D eigenvalue weighted by atomic mass is 79.9. The number of anilines is 1. The number of hydrogen-bond acceptors (Lipinski definition) is 4. The van der Waals surface area contributed by atoms with Crippen molar-refractivity contribution in [1.82, 2.24) is 14.8 Å². The lowest BCUT2D eigenvalue weighted by molar-refractivity contribution is -0.113. The Hall–Kier alpha value is -1.05. The van der Waals surface area contributed by atoms with Gasteiger partial charge in [-0.25, -0.2) is 0 Å². The molecule has 1 aromatic heterocycles. The number of hydrogen-bond donors (Lipinski definition) is 1. The molecule has 0 radical (unpaired) electrons. The molecule has 0 saturated carbocycles. The first-order valence-corrected chi connectivity index (χ1v) is 9.77. The molecule has 8 heteroatoms. The fourth-order valence-corrected chi connectivity index (χ4v) is 3.77. The number of carbonyl (C=O) groups is 1. The lowest BCUT2D eigenvalue weighted by atomic mass is 10.2. The third kappa shape index (κ3) is 4.74. The molecule has 0 fully saturated rings. The summed E-state index contributed by atoms with van der Waals surface area (Å²) in [6.45, 7) is 8.33. The van der Waals surface area contributed by atoms with Gasteiger partial charge in [0.25, 0.3) is 0 Å². The molecule has 1 N–H and O–H groups in total. The van der Waals surface area contributed by atoms with Gasteiger partial charge in [-0.3, -0.25) is 4.79 Å². The van der Waals surface area contributed by atoms with Crippen LogP contribution < -0.4 is 5.32 Å². The molecule has 0 aliphatic rings. The molecule has 0 aliphatic heterocycles. The number of nitrogens with one attached hydrogen (secondary N) is 1. The summed E-state index contributed by atoms with van der Waals surface area (Å²) in [4.78, 5) is 12.2. The van der Waals surface area contributed by atoms with Gasteiger partial charge < -0.3 is 9.88 Å². The van der Waals surface area contributed by atoms with Gasteiger partial charge in [-0.05, 0) is 32.0 Å². The Labute approximate surface area is 159 Å². The fraction of sp³-hybridized carbons (Fsp3) is 0.438. The maximum Gasteiger partial charge on any atom is 0.234 e. The van der Waals surface area contributed by atoms with E-state index in [4.69, 9.17) is 11.6 Å². The van der Waals surface area contributed by atoms with Gasteiger partial charge in [-0.1, -0.05) is 53.1 Å². The summed E-state index contributed by atoms with van der Waals surface area (Å²) >= 11 is 10.8. The van der Waals surface area contributed by atoms with Crippen molar-refractivity contribution in [3.8, 4) is 0 Å². The summed E-state index contributed by atoms with van der Waals surface area (Å²) in [5.74, 6) is 1.33. The van der Waals surface area contributed by atoms with Crippen LogP contribution in [0.2, 0.25) is 5.02 Å². The highest BCUT2D eigenvalue weighted by molar-refractivity contribution is 9.10. The van der Waals surface area contributed by atoms with Crippen LogP contribution in [0.25, 0.3) is 0 Å². The zero-order valence-corrected chi connectivity index (χ0v) is 17.2. The van der Waals surface area contributed by atoms with Gasteiger partial charge in [0.15, 0.2) is 5.16 Å². The zero-order chi connectivity index (χ0) is 17.9. The maximum absolute atomic E-state index is 12.2. The van der Waals surface area contributed by atoms with Crippen LogP contribution in [0.5, 0.6) is 0 Å². The Morgan fingerprint density at radius 1 is 1.33 bits per heavy atom. The van der Waals surface area contributed by atoms with E-state index in [1.807, 2.05) is 6.07 Å². The Kier molecular flexibility index (Phi) is 6.71. The second kappa shape index (κ2) is 8.36. The van der Waals surface area contributed by atoms with Crippen molar-refractivity contribution >= 4 is 50.9 Å². The zero-order valence-electron chi connectivity index (χ0n) is 14.0. The summed E-state index contributed by atoms with van der Waals surface area (Å²) in [5, 5.41) is 12.6. The number of carbonyl (C=O) groups excluding carboxylic acids is 1. The molecular weight excluding hydrogens is 412 g/mol. The summed E-state index contributed by atoms with van der Waals surface area (Å²) in [7, 11) is 0. The van der Waals surface area contributed by atoms with Crippen molar-refractivity contribution in [2.24, 2.45) is 0 Å². The highest BCUT2D eigenvalue weighted by Gasteiger charge is 2.18. The van der Waals surface area contributed by atoms with Crippen molar-refractivity contribution < 1.29 is 4.79 Å². The molecule has 0 aliphatic carbocycles. The molecule has 2 aromatic rings. The second-order valence-corrected chi connectivity index (χ2v) is 8.19. The Bertz CT molecular complexity index is 733. The van der Waals surface area contributed by atoms with E-state index < -0.39 is 0 Å². The van der Waals surface area contributed by atoms with Crippen LogP contribution in [0, 0.1) is 0 Å². The lowest BCUT2D eigenvalue weighted by Crippen LogP contribution is -2.15. The Balaban J connectivity index is 2.04. The number of halogens is 2. The van der Waals surface area contributed by atoms with E-state index in [0.717, 1.165) is 15.5 Å². The van der Waals surface area contributed by atoms with Gasteiger partial charge >= 0.3 is 0 Å². The van der Waals surface area contributed by atoms with E-state index in [-0.39, 0.29) is 23.6 Å². The smallest absolute Gasteiger partial charge is 0.234 e. The summed E-state index contributed by atoms with van der Waals surface area (Å²) < 4.78 is 2.95. The van der Waals surface area contributed by atoms with Crippen LogP contribution in [-0.2, 0) is 4.79 Å². The van der Waals surface area contributed by atoms with Crippen molar-refractivity contribution in [1.29, 1.82) is 0 Å². The third-order valence-corrected chi connectivity index (χ3v) is 5.01. The van der Waals surface area contributed by atoms with E-state index in [1.165, 1.54) is 11.8 Å². The Morgan fingerprint density at radius 2 is 2.04 bits per heavy atom. The molecule has 0 unspecified atom stereocenters. The summed E-state index contributed by atoms with van der Waals surface area (Å²) in [6, 6.07) is 5.58. The van der Waals surface area contributed by atoms with Crippen LogP contribution in [-0.4, -0.2) is 26.4 Å². The van der Waals surface area contributed by atoms with E-state index in [2.05, 4.69) is 63.7 Å². The molecule has 0 saturated heterocycles. The molecule has 5 nitrogen and oxygen atoms in total. The summed E-state index contributed by atoms with van der Waals surface area (Å²) in [6.07, 6.45) is 0. The number of amides is 1. The largest absolute Gasteiger partial charge is 0.324 e. The average Bonchev–Trinajstić information content (AvgIpc) is 2.92. The van der Waals surface area contributed by atoms with Crippen molar-refractivity contribution in [3.63, 3.8) is 0 Å². The van der Waals surface area contributed by atoms with Gasteiger partial charge in [0, 0.05) is 16.4 Å². The molecule has 24 heavy (non-hydrogen) atoms. The number of aromatic nitrogens is 3. The molecule has 0 spiro atoms. The van der Waals surface area contributed by atoms with Crippen molar-refractivity contribution in [2.75, 3.05) is 11.1 Å². The maximum atomic E-state index is 12.2. The minimum absolute atomic E-state index is 0.131. The topological polar surface area (TPSA) is 59.8 Å². The average molecular weight is 432 g/mol. The van der Waals surface area contributed by atoms with Gasteiger partial charge in [-0.2, -0.15) is 0 Å². The predicted molar refractivity (Wildman–Crippen MR) is 103 cm³/mol. The molecule has 2 rings (SSSR count). The number of nitrogens with zero attached hydrogens (tertiary/aromatic N) is 3. The van der Waals surface area contributed by atoms with Crippen LogP contribution in [0.4, 0.5) is 5.69 Å². The van der Waals surface area contributed by atoms with Crippen LogP contribution in [0.3, 0.4) is 0 Å². The monoisotopic (exact) mass is 430 g/mol. The van der Waals surface area contributed by atoms with E-state index in [9.17, 15) is 4.79 Å². The minimum atomic E-state index is -0.131. The standard InChI is InChI=1S/C16H20BrClN4OS/c1-9(2)15-20-21-16(22(15)10(3)4)24-8-14(23)19-13-6-5-11(17)7-12(13)18/h5-7,9-10H,8H2,1-4H3,(H,19,23). The molecule has 130 valence electrons. The van der Waals surface area contributed by atoms with Crippen molar-refractivity contribution in [2.45, 2.75) is 44.8 Å². The first kappa shape index (κ1) is 19.3. The highest BCUT2D eigenvalue weighted by Crippen LogP contribution is 2.27. The first-order valence-electron chi connectivity index (χ1n) is 7.62.